The second-order valence-corrected chi connectivity index (χ2v) is 5.96. The van der Waals surface area contributed by atoms with E-state index in [0.717, 1.165) is 12.5 Å². The topological polar surface area (TPSA) is 75.3 Å². The number of carbonyl (C=O) groups is 1. The van der Waals surface area contributed by atoms with Crippen LogP contribution in [0.15, 0.2) is 0 Å². The largest absolute Gasteiger partial charge is 0.481 e. The zero-order valence-corrected chi connectivity index (χ0v) is 11.0. The molecule has 1 fully saturated rings. The first-order valence-corrected chi connectivity index (χ1v) is 6.60. The molecule has 0 aliphatic heterocycles. The summed E-state index contributed by atoms with van der Waals surface area (Å²) in [5.74, 6) is -0.0277. The van der Waals surface area contributed by atoms with Crippen molar-refractivity contribution < 1.29 is 9.90 Å². The van der Waals surface area contributed by atoms with E-state index in [9.17, 15) is 4.79 Å². The van der Waals surface area contributed by atoms with E-state index in [2.05, 4.69) is 19.2 Å². The molecule has 4 heteroatoms. The molecule has 1 rings (SSSR count). The average molecular weight is 242 g/mol. The standard InChI is InChI=1S/C13H26N2O2/c1-13(2,10-5-3-4-6-10)9-15-8-11(14)7-12(16)17/h10-11,15H,3-9,14H2,1-2H3,(H,16,17). The van der Waals surface area contributed by atoms with Gasteiger partial charge in [-0.1, -0.05) is 26.7 Å². The first kappa shape index (κ1) is 14.5. The van der Waals surface area contributed by atoms with Gasteiger partial charge in [-0.3, -0.25) is 4.79 Å². The van der Waals surface area contributed by atoms with E-state index in [4.69, 9.17) is 10.8 Å². The van der Waals surface area contributed by atoms with Gasteiger partial charge < -0.3 is 16.2 Å². The van der Waals surface area contributed by atoms with Crippen LogP contribution in [0.25, 0.3) is 0 Å². The molecule has 0 bridgehead atoms. The van der Waals surface area contributed by atoms with Gasteiger partial charge in [0, 0.05) is 19.1 Å². The van der Waals surface area contributed by atoms with E-state index in [-0.39, 0.29) is 12.5 Å². The van der Waals surface area contributed by atoms with Crippen LogP contribution in [0.4, 0.5) is 0 Å². The molecule has 17 heavy (non-hydrogen) atoms. The number of hydrogen-bond acceptors (Lipinski definition) is 3. The van der Waals surface area contributed by atoms with Crippen molar-refractivity contribution in [3.63, 3.8) is 0 Å². The molecule has 0 saturated heterocycles. The highest BCUT2D eigenvalue weighted by Crippen LogP contribution is 2.38. The van der Waals surface area contributed by atoms with Gasteiger partial charge in [-0.2, -0.15) is 0 Å². The Morgan fingerprint density at radius 2 is 2.06 bits per heavy atom. The monoisotopic (exact) mass is 242 g/mol. The van der Waals surface area contributed by atoms with Crippen molar-refractivity contribution in [2.45, 2.75) is 52.0 Å². The molecule has 1 unspecified atom stereocenters. The van der Waals surface area contributed by atoms with Crippen molar-refractivity contribution in [3.8, 4) is 0 Å². The molecule has 0 aromatic carbocycles. The van der Waals surface area contributed by atoms with Crippen LogP contribution in [-0.2, 0) is 4.79 Å². The molecule has 1 atom stereocenters. The zero-order valence-electron chi connectivity index (χ0n) is 11.0. The van der Waals surface area contributed by atoms with Crippen LogP contribution in [0, 0.1) is 11.3 Å². The van der Waals surface area contributed by atoms with Crippen molar-refractivity contribution in [3.05, 3.63) is 0 Å². The Morgan fingerprint density at radius 1 is 1.47 bits per heavy atom. The Labute approximate surface area is 104 Å². The summed E-state index contributed by atoms with van der Waals surface area (Å²) >= 11 is 0. The Kier molecular flexibility index (Phi) is 5.40. The maximum absolute atomic E-state index is 10.5. The van der Waals surface area contributed by atoms with E-state index in [1.165, 1.54) is 25.7 Å². The molecule has 0 radical (unpaired) electrons. The maximum atomic E-state index is 10.5. The number of rotatable bonds is 7. The summed E-state index contributed by atoms with van der Waals surface area (Å²) in [6.45, 7) is 6.09. The van der Waals surface area contributed by atoms with Crippen LogP contribution in [0.5, 0.6) is 0 Å². The summed E-state index contributed by atoms with van der Waals surface area (Å²) in [4.78, 5) is 10.5. The van der Waals surface area contributed by atoms with Gasteiger partial charge in [0.2, 0.25) is 0 Å². The molecular weight excluding hydrogens is 216 g/mol. The lowest BCUT2D eigenvalue weighted by atomic mass is 9.77. The normalized spacial score (nSPS) is 19.5. The lowest BCUT2D eigenvalue weighted by molar-refractivity contribution is -0.137. The van der Waals surface area contributed by atoms with Crippen LogP contribution in [0.3, 0.4) is 0 Å². The number of nitrogens with one attached hydrogen (secondary N) is 1. The van der Waals surface area contributed by atoms with Gasteiger partial charge in [-0.05, 0) is 24.2 Å². The summed E-state index contributed by atoms with van der Waals surface area (Å²) in [5, 5.41) is 11.9. The molecule has 0 aromatic rings. The second kappa shape index (κ2) is 6.36. The van der Waals surface area contributed by atoms with E-state index < -0.39 is 5.97 Å². The van der Waals surface area contributed by atoms with E-state index in [1.54, 1.807) is 0 Å². The van der Waals surface area contributed by atoms with Crippen LogP contribution in [-0.4, -0.2) is 30.2 Å². The Hall–Kier alpha value is -0.610. The van der Waals surface area contributed by atoms with Crippen LogP contribution in [0.1, 0.15) is 46.0 Å². The second-order valence-electron chi connectivity index (χ2n) is 5.96. The third-order valence-corrected chi connectivity index (χ3v) is 3.88. The summed E-state index contributed by atoms with van der Waals surface area (Å²) in [6, 6.07) is -0.285. The first-order chi connectivity index (χ1) is 7.92. The quantitative estimate of drug-likeness (QED) is 0.634. The number of nitrogens with two attached hydrogens (primary N) is 1. The average Bonchev–Trinajstić information content (AvgIpc) is 2.68. The maximum Gasteiger partial charge on any atom is 0.304 e. The zero-order chi connectivity index (χ0) is 12.9. The van der Waals surface area contributed by atoms with Crippen LogP contribution >= 0.6 is 0 Å². The van der Waals surface area contributed by atoms with Crippen molar-refractivity contribution in [1.82, 2.24) is 5.32 Å². The van der Waals surface area contributed by atoms with Gasteiger partial charge in [0.25, 0.3) is 0 Å². The highest BCUT2D eigenvalue weighted by atomic mass is 16.4. The highest BCUT2D eigenvalue weighted by molar-refractivity contribution is 5.67. The Balaban J connectivity index is 2.22. The predicted octanol–water partition coefficient (Wildman–Crippen LogP) is 1.59. The van der Waals surface area contributed by atoms with Crippen molar-refractivity contribution in [2.24, 2.45) is 17.1 Å². The minimum Gasteiger partial charge on any atom is -0.481 e. The molecule has 4 nitrogen and oxygen atoms in total. The van der Waals surface area contributed by atoms with Crippen molar-refractivity contribution in [1.29, 1.82) is 0 Å². The number of aliphatic carboxylic acids is 1. The first-order valence-electron chi connectivity index (χ1n) is 6.60. The van der Waals surface area contributed by atoms with Crippen molar-refractivity contribution >= 4 is 5.97 Å². The number of carboxylic acids is 1. The third kappa shape index (κ3) is 5.04. The third-order valence-electron chi connectivity index (χ3n) is 3.88. The molecule has 1 aliphatic rings. The minimum absolute atomic E-state index is 0.0385. The van der Waals surface area contributed by atoms with Crippen LogP contribution < -0.4 is 11.1 Å². The van der Waals surface area contributed by atoms with Gasteiger partial charge in [-0.15, -0.1) is 0 Å². The highest BCUT2D eigenvalue weighted by Gasteiger charge is 2.31. The molecule has 1 saturated carbocycles. The smallest absolute Gasteiger partial charge is 0.304 e. The lowest BCUT2D eigenvalue weighted by Gasteiger charge is -2.32. The van der Waals surface area contributed by atoms with Gasteiger partial charge in [0.1, 0.15) is 0 Å². The summed E-state index contributed by atoms with van der Waals surface area (Å²) < 4.78 is 0. The van der Waals surface area contributed by atoms with E-state index >= 15 is 0 Å². The van der Waals surface area contributed by atoms with Crippen LogP contribution in [0.2, 0.25) is 0 Å². The summed E-state index contributed by atoms with van der Waals surface area (Å²) in [5.41, 5.74) is 6.01. The number of carboxylic acid groups (broad SMARTS) is 1. The van der Waals surface area contributed by atoms with Crippen molar-refractivity contribution in [2.75, 3.05) is 13.1 Å². The molecule has 1 aliphatic carbocycles. The molecule has 4 N–H and O–H groups in total. The van der Waals surface area contributed by atoms with Gasteiger partial charge in [0.05, 0.1) is 6.42 Å². The fraction of sp³-hybridized carbons (Fsp3) is 0.923. The summed E-state index contributed by atoms with van der Waals surface area (Å²) in [6.07, 6.45) is 5.40. The lowest BCUT2D eigenvalue weighted by Crippen LogP contribution is -2.41. The SMILES string of the molecule is CC(C)(CNCC(N)CC(=O)O)C1CCCC1. The van der Waals surface area contributed by atoms with E-state index in [0.29, 0.717) is 12.0 Å². The molecule has 100 valence electrons. The summed E-state index contributed by atoms with van der Waals surface area (Å²) in [7, 11) is 0. The number of hydrogen-bond donors (Lipinski definition) is 3. The molecule has 0 spiro atoms. The fourth-order valence-corrected chi connectivity index (χ4v) is 2.73. The van der Waals surface area contributed by atoms with Gasteiger partial charge >= 0.3 is 5.97 Å². The Bertz CT molecular complexity index is 248. The van der Waals surface area contributed by atoms with E-state index in [1.807, 2.05) is 0 Å². The molecule has 0 heterocycles. The molecule has 0 amide bonds. The molecular formula is C13H26N2O2. The van der Waals surface area contributed by atoms with Gasteiger partial charge in [0.15, 0.2) is 0 Å². The predicted molar refractivity (Wildman–Crippen MR) is 68.8 cm³/mol. The fourth-order valence-electron chi connectivity index (χ4n) is 2.73. The minimum atomic E-state index is -0.825. The van der Waals surface area contributed by atoms with Gasteiger partial charge in [-0.25, -0.2) is 0 Å². The Morgan fingerprint density at radius 3 is 2.59 bits per heavy atom. The molecule has 0 aromatic heterocycles.